The van der Waals surface area contributed by atoms with Gasteiger partial charge in [-0.25, -0.2) is 9.18 Å². The summed E-state index contributed by atoms with van der Waals surface area (Å²) in [6, 6.07) is 5.82. The van der Waals surface area contributed by atoms with Gasteiger partial charge in [0.15, 0.2) is 0 Å². The van der Waals surface area contributed by atoms with Gasteiger partial charge in [0.2, 0.25) is 11.8 Å². The number of benzene rings is 1. The maximum absolute atomic E-state index is 13.0. The number of halogens is 1. The third-order valence-corrected chi connectivity index (χ3v) is 3.88. The first kappa shape index (κ1) is 22.1. The smallest absolute Gasteiger partial charge is 0.328 e. The second-order valence-corrected chi connectivity index (χ2v) is 6.07. The standard InChI is InChI=1S/C19H24FN3O4/c1-13(24)22-17(12-14-7-9-15(20)10-8-14)18(25)23-16(19(26)27-2)6-4-3-5-11-21/h7-10,16-17H,3-6,12H2,1-2H3,(H,22,24)(H,23,25)/t16-,17+/m1/s1. The molecule has 146 valence electrons. The summed E-state index contributed by atoms with van der Waals surface area (Å²) in [6.45, 7) is 1.28. The number of carbonyl (C=O) groups is 3. The summed E-state index contributed by atoms with van der Waals surface area (Å²) >= 11 is 0. The van der Waals surface area contributed by atoms with Crippen molar-refractivity contribution in [2.75, 3.05) is 7.11 Å². The van der Waals surface area contributed by atoms with E-state index in [0.29, 0.717) is 31.2 Å². The van der Waals surface area contributed by atoms with E-state index in [-0.39, 0.29) is 6.42 Å². The minimum absolute atomic E-state index is 0.147. The third-order valence-electron chi connectivity index (χ3n) is 3.88. The summed E-state index contributed by atoms with van der Waals surface area (Å²) in [7, 11) is 1.22. The fraction of sp³-hybridized carbons (Fsp3) is 0.474. The van der Waals surface area contributed by atoms with E-state index in [9.17, 15) is 18.8 Å². The number of unbranched alkanes of at least 4 members (excludes halogenated alkanes) is 2. The Kier molecular flexibility index (Phi) is 9.51. The Morgan fingerprint density at radius 3 is 2.37 bits per heavy atom. The average Bonchev–Trinajstić information content (AvgIpc) is 2.64. The molecular weight excluding hydrogens is 353 g/mol. The average molecular weight is 377 g/mol. The van der Waals surface area contributed by atoms with Crippen LogP contribution in [0.25, 0.3) is 0 Å². The van der Waals surface area contributed by atoms with Crippen LogP contribution < -0.4 is 10.6 Å². The largest absolute Gasteiger partial charge is 0.467 e. The SMILES string of the molecule is COC(=O)[C@@H](CCCCC#N)NC(=O)[C@H](Cc1ccc(F)cc1)NC(C)=O. The molecule has 2 N–H and O–H groups in total. The van der Waals surface area contributed by atoms with Crippen molar-refractivity contribution in [3.8, 4) is 6.07 Å². The molecule has 0 bridgehead atoms. The summed E-state index contributed by atoms with van der Waals surface area (Å²) in [5.41, 5.74) is 0.661. The molecule has 0 fully saturated rings. The maximum atomic E-state index is 13.0. The van der Waals surface area contributed by atoms with Gasteiger partial charge in [0, 0.05) is 19.8 Å². The van der Waals surface area contributed by atoms with Crippen LogP contribution in [0.2, 0.25) is 0 Å². The van der Waals surface area contributed by atoms with E-state index in [1.54, 1.807) is 0 Å². The number of nitriles is 1. The summed E-state index contributed by atoms with van der Waals surface area (Å²) in [5.74, 6) is -1.93. The van der Waals surface area contributed by atoms with Gasteiger partial charge >= 0.3 is 5.97 Å². The maximum Gasteiger partial charge on any atom is 0.328 e. The number of esters is 1. The van der Waals surface area contributed by atoms with Crippen LogP contribution in [-0.2, 0) is 25.5 Å². The summed E-state index contributed by atoms with van der Waals surface area (Å²) in [6.07, 6.45) is 2.00. The molecule has 27 heavy (non-hydrogen) atoms. The number of methoxy groups -OCH3 is 1. The molecule has 2 amide bonds. The lowest BCUT2D eigenvalue weighted by Crippen LogP contribution is -2.52. The Labute approximate surface area is 157 Å². The van der Waals surface area contributed by atoms with Crippen LogP contribution in [-0.4, -0.2) is 37.0 Å². The van der Waals surface area contributed by atoms with Gasteiger partial charge in [-0.2, -0.15) is 5.26 Å². The van der Waals surface area contributed by atoms with Gasteiger partial charge in [0.1, 0.15) is 17.9 Å². The molecular formula is C19H24FN3O4. The van der Waals surface area contributed by atoms with Crippen LogP contribution in [0, 0.1) is 17.1 Å². The van der Waals surface area contributed by atoms with Gasteiger partial charge in [-0.05, 0) is 37.0 Å². The lowest BCUT2D eigenvalue weighted by Gasteiger charge is -2.22. The van der Waals surface area contributed by atoms with E-state index >= 15 is 0 Å². The zero-order chi connectivity index (χ0) is 20.2. The Balaban J connectivity index is 2.81. The van der Waals surface area contributed by atoms with Gasteiger partial charge in [-0.15, -0.1) is 0 Å². The summed E-state index contributed by atoms with van der Waals surface area (Å²) < 4.78 is 17.8. The molecule has 1 aromatic carbocycles. The fourth-order valence-electron chi connectivity index (χ4n) is 2.53. The number of nitrogens with zero attached hydrogens (tertiary/aromatic N) is 1. The first-order valence-electron chi connectivity index (χ1n) is 8.64. The minimum atomic E-state index is -0.917. The molecule has 2 atom stereocenters. The zero-order valence-corrected chi connectivity index (χ0v) is 15.5. The second kappa shape index (κ2) is 11.6. The number of carbonyl (C=O) groups excluding carboxylic acids is 3. The molecule has 0 aromatic heterocycles. The highest BCUT2D eigenvalue weighted by atomic mass is 19.1. The Morgan fingerprint density at radius 1 is 1.15 bits per heavy atom. The molecule has 0 saturated carbocycles. The molecule has 0 radical (unpaired) electrons. The summed E-state index contributed by atoms with van der Waals surface area (Å²) in [4.78, 5) is 36.0. The van der Waals surface area contributed by atoms with E-state index in [2.05, 4.69) is 10.6 Å². The third kappa shape index (κ3) is 8.31. The molecule has 0 aliphatic rings. The molecule has 0 aliphatic heterocycles. The van der Waals surface area contributed by atoms with Crippen LogP contribution in [0.1, 0.15) is 38.2 Å². The molecule has 1 aromatic rings. The van der Waals surface area contributed by atoms with E-state index < -0.39 is 35.7 Å². The highest BCUT2D eigenvalue weighted by Crippen LogP contribution is 2.09. The fourth-order valence-corrected chi connectivity index (χ4v) is 2.53. The van der Waals surface area contributed by atoms with Crippen molar-refractivity contribution in [2.24, 2.45) is 0 Å². The topological polar surface area (TPSA) is 108 Å². The minimum Gasteiger partial charge on any atom is -0.467 e. The van der Waals surface area contributed by atoms with Gasteiger partial charge in [-0.1, -0.05) is 12.1 Å². The van der Waals surface area contributed by atoms with E-state index in [0.717, 1.165) is 0 Å². The van der Waals surface area contributed by atoms with Crippen LogP contribution in [0.5, 0.6) is 0 Å². The second-order valence-electron chi connectivity index (χ2n) is 6.07. The molecule has 0 spiro atoms. The van der Waals surface area contributed by atoms with Crippen molar-refractivity contribution < 1.29 is 23.5 Å². The number of nitrogens with one attached hydrogen (secondary N) is 2. The summed E-state index contributed by atoms with van der Waals surface area (Å²) in [5, 5.41) is 13.7. The molecule has 0 saturated heterocycles. The predicted molar refractivity (Wildman–Crippen MR) is 95.7 cm³/mol. The predicted octanol–water partition coefficient (Wildman–Crippen LogP) is 1.61. The number of hydrogen-bond acceptors (Lipinski definition) is 5. The van der Waals surface area contributed by atoms with Gasteiger partial charge in [0.05, 0.1) is 13.2 Å². The number of ether oxygens (including phenoxy) is 1. The van der Waals surface area contributed by atoms with E-state index in [4.69, 9.17) is 10.00 Å². The number of hydrogen-bond donors (Lipinski definition) is 2. The van der Waals surface area contributed by atoms with Crippen molar-refractivity contribution in [1.82, 2.24) is 10.6 Å². The normalized spacial score (nSPS) is 12.4. The number of amides is 2. The van der Waals surface area contributed by atoms with Gasteiger partial charge in [0.25, 0.3) is 0 Å². The Morgan fingerprint density at radius 2 is 1.81 bits per heavy atom. The van der Waals surface area contributed by atoms with Gasteiger partial charge < -0.3 is 15.4 Å². The lowest BCUT2D eigenvalue weighted by atomic mass is 10.0. The zero-order valence-electron chi connectivity index (χ0n) is 15.5. The molecule has 1 rings (SSSR count). The van der Waals surface area contributed by atoms with Crippen LogP contribution in [0.3, 0.4) is 0 Å². The highest BCUT2D eigenvalue weighted by Gasteiger charge is 2.26. The number of rotatable bonds is 10. The highest BCUT2D eigenvalue weighted by molar-refractivity contribution is 5.90. The van der Waals surface area contributed by atoms with E-state index in [1.807, 2.05) is 6.07 Å². The van der Waals surface area contributed by atoms with Crippen LogP contribution in [0.15, 0.2) is 24.3 Å². The van der Waals surface area contributed by atoms with Crippen molar-refractivity contribution in [3.05, 3.63) is 35.6 Å². The Hall–Kier alpha value is -2.95. The molecule has 0 aliphatic carbocycles. The van der Waals surface area contributed by atoms with Crippen LogP contribution in [0.4, 0.5) is 4.39 Å². The quantitative estimate of drug-likeness (QED) is 0.476. The molecule has 7 nitrogen and oxygen atoms in total. The van der Waals surface area contributed by atoms with Crippen molar-refractivity contribution in [2.45, 2.75) is 51.1 Å². The van der Waals surface area contributed by atoms with Gasteiger partial charge in [-0.3, -0.25) is 9.59 Å². The van der Waals surface area contributed by atoms with Crippen molar-refractivity contribution in [1.29, 1.82) is 5.26 Å². The Bertz CT molecular complexity index is 685. The van der Waals surface area contributed by atoms with E-state index in [1.165, 1.54) is 38.3 Å². The monoisotopic (exact) mass is 377 g/mol. The van der Waals surface area contributed by atoms with Crippen LogP contribution >= 0.6 is 0 Å². The lowest BCUT2D eigenvalue weighted by molar-refractivity contribution is -0.145. The molecule has 0 heterocycles. The molecule has 0 unspecified atom stereocenters. The molecule has 8 heteroatoms. The van der Waals surface area contributed by atoms with Crippen molar-refractivity contribution in [3.63, 3.8) is 0 Å². The first-order valence-corrected chi connectivity index (χ1v) is 8.64. The van der Waals surface area contributed by atoms with Crippen molar-refractivity contribution >= 4 is 17.8 Å². The first-order chi connectivity index (χ1) is 12.9.